The third kappa shape index (κ3) is 4.48. The first kappa shape index (κ1) is 22.4. The zero-order valence-electron chi connectivity index (χ0n) is 20.1. The fraction of sp³-hybridized carbons (Fsp3) is 0. The lowest BCUT2D eigenvalue weighted by molar-refractivity contribution is 1.27. The molecule has 6 aromatic rings. The maximum absolute atomic E-state index is 4.24. The smallest absolute Gasteiger partial charge is 0.0540 e. The van der Waals surface area contributed by atoms with Gasteiger partial charge in [0.05, 0.1) is 17.1 Å². The molecule has 0 bridgehead atoms. The second-order valence-corrected chi connectivity index (χ2v) is 8.59. The van der Waals surface area contributed by atoms with Gasteiger partial charge < -0.3 is 4.90 Å². The second-order valence-electron chi connectivity index (χ2n) is 8.59. The van der Waals surface area contributed by atoms with Gasteiger partial charge in [-0.25, -0.2) is 0 Å². The molecule has 0 radical (unpaired) electrons. The number of benzene rings is 3. The van der Waals surface area contributed by atoms with Gasteiger partial charge in [0.25, 0.3) is 0 Å². The first-order valence-electron chi connectivity index (χ1n) is 12.2. The molecule has 0 unspecified atom stereocenters. The van der Waals surface area contributed by atoms with Gasteiger partial charge in [0, 0.05) is 53.9 Å². The number of hydrogen-bond donors (Lipinski definition) is 0. The zero-order chi connectivity index (χ0) is 24.9. The lowest BCUT2D eigenvalue weighted by Gasteiger charge is -2.31. The highest BCUT2D eigenvalue weighted by Crippen LogP contribution is 2.47. The highest BCUT2D eigenvalue weighted by molar-refractivity contribution is 5.97. The Morgan fingerprint density at radius 1 is 0.324 bits per heavy atom. The van der Waals surface area contributed by atoms with E-state index in [1.165, 1.54) is 0 Å². The summed E-state index contributed by atoms with van der Waals surface area (Å²) < 4.78 is 0. The largest absolute Gasteiger partial charge is 0.309 e. The predicted molar refractivity (Wildman–Crippen MR) is 151 cm³/mol. The van der Waals surface area contributed by atoms with Gasteiger partial charge in [-0.05, 0) is 71.3 Å². The summed E-state index contributed by atoms with van der Waals surface area (Å²) in [6.07, 6.45) is 11.0. The summed E-state index contributed by atoms with van der Waals surface area (Å²) in [5, 5.41) is 0. The third-order valence-electron chi connectivity index (χ3n) is 6.41. The van der Waals surface area contributed by atoms with Crippen LogP contribution in [-0.2, 0) is 0 Å². The minimum Gasteiger partial charge on any atom is -0.309 e. The Bertz CT molecular complexity index is 1420. The van der Waals surface area contributed by atoms with E-state index in [2.05, 4.69) is 129 Å². The Kier molecular flexibility index (Phi) is 6.21. The van der Waals surface area contributed by atoms with Crippen molar-refractivity contribution in [2.24, 2.45) is 0 Å². The van der Waals surface area contributed by atoms with Crippen molar-refractivity contribution in [3.63, 3.8) is 0 Å². The highest BCUT2D eigenvalue weighted by Gasteiger charge is 2.22. The molecule has 0 N–H and O–H groups in total. The SMILES string of the molecule is c1ccc(N(c2ccccc2-c2ccncc2)c2ccccc2-c2ccncc2)c(-c2ccncc2)c1. The molecule has 3 heterocycles. The maximum Gasteiger partial charge on any atom is 0.0540 e. The van der Waals surface area contributed by atoms with E-state index < -0.39 is 0 Å². The molecule has 176 valence electrons. The fourth-order valence-electron chi connectivity index (χ4n) is 4.72. The van der Waals surface area contributed by atoms with E-state index in [-0.39, 0.29) is 0 Å². The fourth-order valence-corrected chi connectivity index (χ4v) is 4.72. The molecule has 0 saturated heterocycles. The quantitative estimate of drug-likeness (QED) is 0.242. The van der Waals surface area contributed by atoms with Gasteiger partial charge in [-0.15, -0.1) is 0 Å². The van der Waals surface area contributed by atoms with Crippen LogP contribution < -0.4 is 4.90 Å². The first-order chi connectivity index (χ1) is 18.4. The van der Waals surface area contributed by atoms with Gasteiger partial charge >= 0.3 is 0 Å². The van der Waals surface area contributed by atoms with Crippen molar-refractivity contribution in [2.75, 3.05) is 4.90 Å². The van der Waals surface area contributed by atoms with E-state index >= 15 is 0 Å². The summed E-state index contributed by atoms with van der Waals surface area (Å²) >= 11 is 0. The second kappa shape index (κ2) is 10.3. The summed E-state index contributed by atoms with van der Waals surface area (Å²) in [6.45, 7) is 0. The lowest BCUT2D eigenvalue weighted by atomic mass is 9.97. The summed E-state index contributed by atoms with van der Waals surface area (Å²) in [5.74, 6) is 0. The van der Waals surface area contributed by atoms with Crippen LogP contribution in [0.4, 0.5) is 17.1 Å². The zero-order valence-corrected chi connectivity index (χ0v) is 20.1. The van der Waals surface area contributed by atoms with Crippen LogP contribution in [0.25, 0.3) is 33.4 Å². The van der Waals surface area contributed by atoms with Crippen LogP contribution in [-0.4, -0.2) is 15.0 Å². The van der Waals surface area contributed by atoms with E-state index in [4.69, 9.17) is 0 Å². The van der Waals surface area contributed by atoms with Crippen molar-refractivity contribution in [1.82, 2.24) is 15.0 Å². The summed E-state index contributed by atoms with van der Waals surface area (Å²) in [6, 6.07) is 37.9. The average molecular weight is 477 g/mol. The van der Waals surface area contributed by atoms with Gasteiger partial charge in [0.2, 0.25) is 0 Å². The van der Waals surface area contributed by atoms with E-state index in [1.54, 1.807) is 0 Å². The molecular formula is C33H24N4. The average Bonchev–Trinajstić information content (AvgIpc) is 2.99. The van der Waals surface area contributed by atoms with Crippen molar-refractivity contribution < 1.29 is 0 Å². The number of pyridine rings is 3. The molecule has 3 aromatic heterocycles. The maximum atomic E-state index is 4.24. The molecule has 0 saturated carbocycles. The molecule has 4 heteroatoms. The number of rotatable bonds is 6. The molecule has 0 spiro atoms. The standard InChI is InChI=1S/C33H24N4/c1-4-10-31(28(7-1)25-13-19-34-20-14-25)37(32-11-5-2-8-29(32)26-15-21-35-22-16-26)33-12-6-3-9-30(33)27-17-23-36-24-18-27/h1-24H. The molecule has 37 heavy (non-hydrogen) atoms. The first-order valence-corrected chi connectivity index (χ1v) is 12.2. The van der Waals surface area contributed by atoms with Crippen LogP contribution in [0, 0.1) is 0 Å². The molecule has 0 amide bonds. The number of para-hydroxylation sites is 3. The van der Waals surface area contributed by atoms with Crippen molar-refractivity contribution in [2.45, 2.75) is 0 Å². The Hall–Kier alpha value is -5.09. The highest BCUT2D eigenvalue weighted by atomic mass is 15.1. The number of nitrogens with zero attached hydrogens (tertiary/aromatic N) is 4. The van der Waals surface area contributed by atoms with Crippen molar-refractivity contribution >= 4 is 17.1 Å². The Morgan fingerprint density at radius 3 is 0.892 bits per heavy atom. The van der Waals surface area contributed by atoms with E-state index in [0.29, 0.717) is 0 Å². The molecule has 0 aliphatic carbocycles. The van der Waals surface area contributed by atoms with Gasteiger partial charge in [0.15, 0.2) is 0 Å². The number of anilines is 3. The van der Waals surface area contributed by atoms with Crippen LogP contribution in [0.5, 0.6) is 0 Å². The molecule has 0 aliphatic rings. The van der Waals surface area contributed by atoms with E-state index in [9.17, 15) is 0 Å². The minimum atomic E-state index is 1.08. The topological polar surface area (TPSA) is 41.9 Å². The Morgan fingerprint density at radius 2 is 0.595 bits per heavy atom. The van der Waals surface area contributed by atoms with Crippen molar-refractivity contribution in [1.29, 1.82) is 0 Å². The van der Waals surface area contributed by atoms with Crippen LogP contribution in [0.15, 0.2) is 146 Å². The van der Waals surface area contributed by atoms with Crippen LogP contribution in [0.2, 0.25) is 0 Å². The molecule has 6 rings (SSSR count). The van der Waals surface area contributed by atoms with Crippen LogP contribution in [0.1, 0.15) is 0 Å². The van der Waals surface area contributed by atoms with E-state index in [1.807, 2.05) is 37.2 Å². The normalized spacial score (nSPS) is 10.7. The summed E-state index contributed by atoms with van der Waals surface area (Å²) in [5.41, 5.74) is 9.94. The van der Waals surface area contributed by atoms with Crippen molar-refractivity contribution in [3.05, 3.63) is 146 Å². The summed E-state index contributed by atoms with van der Waals surface area (Å²) in [4.78, 5) is 15.1. The lowest BCUT2D eigenvalue weighted by Crippen LogP contribution is -2.13. The molecule has 0 fully saturated rings. The van der Waals surface area contributed by atoms with Gasteiger partial charge in [-0.1, -0.05) is 54.6 Å². The Balaban J connectivity index is 1.66. The molecule has 3 aromatic carbocycles. The minimum absolute atomic E-state index is 1.08. The van der Waals surface area contributed by atoms with Gasteiger partial charge in [-0.3, -0.25) is 15.0 Å². The van der Waals surface area contributed by atoms with E-state index in [0.717, 1.165) is 50.4 Å². The monoisotopic (exact) mass is 476 g/mol. The van der Waals surface area contributed by atoms with Crippen LogP contribution >= 0.6 is 0 Å². The van der Waals surface area contributed by atoms with Crippen molar-refractivity contribution in [3.8, 4) is 33.4 Å². The third-order valence-corrected chi connectivity index (χ3v) is 6.41. The molecule has 0 aliphatic heterocycles. The van der Waals surface area contributed by atoms with Crippen LogP contribution in [0.3, 0.4) is 0 Å². The van der Waals surface area contributed by atoms with Gasteiger partial charge in [0.1, 0.15) is 0 Å². The van der Waals surface area contributed by atoms with Gasteiger partial charge in [-0.2, -0.15) is 0 Å². The molecular weight excluding hydrogens is 452 g/mol. The molecule has 4 nitrogen and oxygen atoms in total. The summed E-state index contributed by atoms with van der Waals surface area (Å²) in [7, 11) is 0. The molecule has 0 atom stereocenters. The number of aromatic nitrogens is 3. The predicted octanol–water partition coefficient (Wildman–Crippen LogP) is 8.34. The Labute approximate surface area is 216 Å². The number of hydrogen-bond acceptors (Lipinski definition) is 4.